The first-order valence-corrected chi connectivity index (χ1v) is 9.58. The quantitative estimate of drug-likeness (QED) is 0.724. The maximum Gasteiger partial charge on any atom is 0.226 e. The van der Waals surface area contributed by atoms with Crippen molar-refractivity contribution in [1.82, 2.24) is 4.90 Å². The van der Waals surface area contributed by atoms with Gasteiger partial charge in [0.2, 0.25) is 5.91 Å². The van der Waals surface area contributed by atoms with Crippen LogP contribution in [0.2, 0.25) is 0 Å². The molecule has 0 N–H and O–H groups in total. The highest BCUT2D eigenvalue weighted by molar-refractivity contribution is 5.83. The monoisotopic (exact) mass is 285 g/mol. The van der Waals surface area contributed by atoms with Crippen LogP contribution in [0.25, 0.3) is 0 Å². The van der Waals surface area contributed by atoms with Crippen molar-refractivity contribution in [3.8, 4) is 0 Å². The molecule has 7 aliphatic rings. The first kappa shape index (κ1) is 12.0. The molecule has 2 nitrogen and oxygen atoms in total. The van der Waals surface area contributed by atoms with Gasteiger partial charge >= 0.3 is 0 Å². The third-order valence-electron chi connectivity index (χ3n) is 8.60. The Labute approximate surface area is 127 Å². The molecule has 21 heavy (non-hydrogen) atoms. The second kappa shape index (κ2) is 3.86. The van der Waals surface area contributed by atoms with E-state index < -0.39 is 0 Å². The van der Waals surface area contributed by atoms with Crippen LogP contribution in [0.5, 0.6) is 0 Å². The molecule has 4 unspecified atom stereocenters. The maximum atomic E-state index is 13.1. The topological polar surface area (TPSA) is 20.3 Å². The Hall–Kier alpha value is -0.530. The predicted octanol–water partition coefficient (Wildman–Crippen LogP) is 3.32. The fraction of sp³-hybridized carbons (Fsp3) is 0.947. The average molecular weight is 285 g/mol. The molecule has 6 saturated carbocycles. The number of hydrogen-bond acceptors (Lipinski definition) is 1. The Morgan fingerprint density at radius 2 is 1.43 bits per heavy atom. The highest BCUT2D eigenvalue weighted by Crippen LogP contribution is 2.60. The maximum absolute atomic E-state index is 13.1. The predicted molar refractivity (Wildman–Crippen MR) is 80.4 cm³/mol. The van der Waals surface area contributed by atoms with Gasteiger partial charge in [-0.25, -0.2) is 0 Å². The standard InChI is InChI=1S/C19H27NO/c21-19-17-13-2-1-12(8-13)16(17)9-20(19)18-14-4-10-3-11(6-14)7-15(18)5-10/h10-18H,1-9H2. The minimum atomic E-state index is 0.459. The zero-order valence-corrected chi connectivity index (χ0v) is 12.9. The first-order chi connectivity index (χ1) is 10.3. The Kier molecular flexibility index (Phi) is 2.20. The van der Waals surface area contributed by atoms with E-state index in [1.807, 2.05) is 0 Å². The van der Waals surface area contributed by atoms with E-state index in [0.29, 0.717) is 17.9 Å². The van der Waals surface area contributed by atoms with Gasteiger partial charge in [-0.1, -0.05) is 0 Å². The number of amides is 1. The summed E-state index contributed by atoms with van der Waals surface area (Å²) in [6.07, 6.45) is 11.5. The molecular formula is C19H27NO. The van der Waals surface area contributed by atoms with Gasteiger partial charge in [-0.15, -0.1) is 0 Å². The van der Waals surface area contributed by atoms with Gasteiger partial charge in [-0.05, 0) is 92.8 Å². The fourth-order valence-corrected chi connectivity index (χ4v) is 8.24. The summed E-state index contributed by atoms with van der Waals surface area (Å²) >= 11 is 0. The van der Waals surface area contributed by atoms with Crippen LogP contribution in [0.4, 0.5) is 0 Å². The third-order valence-corrected chi connectivity index (χ3v) is 8.60. The summed E-state index contributed by atoms with van der Waals surface area (Å²) in [5.41, 5.74) is 0. The van der Waals surface area contributed by atoms with Crippen molar-refractivity contribution in [2.24, 2.45) is 47.3 Å². The Bertz CT molecular complexity index is 472. The van der Waals surface area contributed by atoms with Crippen LogP contribution in [0.3, 0.4) is 0 Å². The lowest BCUT2D eigenvalue weighted by molar-refractivity contribution is -0.142. The van der Waals surface area contributed by atoms with E-state index in [9.17, 15) is 4.79 Å². The van der Waals surface area contributed by atoms with Crippen LogP contribution < -0.4 is 0 Å². The van der Waals surface area contributed by atoms with Crippen molar-refractivity contribution in [3.05, 3.63) is 0 Å². The smallest absolute Gasteiger partial charge is 0.226 e. The lowest BCUT2D eigenvalue weighted by Gasteiger charge is -2.56. The van der Waals surface area contributed by atoms with Crippen LogP contribution >= 0.6 is 0 Å². The first-order valence-electron chi connectivity index (χ1n) is 9.58. The highest BCUT2D eigenvalue weighted by Gasteiger charge is 2.60. The fourth-order valence-electron chi connectivity index (χ4n) is 8.24. The molecule has 7 fully saturated rings. The molecule has 7 rings (SSSR count). The zero-order valence-electron chi connectivity index (χ0n) is 12.9. The van der Waals surface area contributed by atoms with Crippen LogP contribution in [-0.2, 0) is 4.79 Å². The summed E-state index contributed by atoms with van der Waals surface area (Å²) < 4.78 is 0. The van der Waals surface area contributed by atoms with E-state index in [1.54, 1.807) is 0 Å². The molecule has 0 radical (unpaired) electrons. The van der Waals surface area contributed by atoms with Crippen molar-refractivity contribution < 1.29 is 4.79 Å². The summed E-state index contributed by atoms with van der Waals surface area (Å²) in [6, 6.07) is 0.662. The number of rotatable bonds is 1. The molecule has 1 heterocycles. The molecular weight excluding hydrogens is 258 g/mol. The SMILES string of the molecule is O=C1C2C3CCC(C3)C2CN1C1C2CC3CC(C2)CC1C3. The summed E-state index contributed by atoms with van der Waals surface area (Å²) in [6.45, 7) is 1.15. The minimum absolute atomic E-state index is 0.459. The summed E-state index contributed by atoms with van der Waals surface area (Å²) in [5.74, 6) is 7.30. The van der Waals surface area contributed by atoms with Gasteiger partial charge in [-0.2, -0.15) is 0 Å². The number of carbonyl (C=O) groups excluding carboxylic acids is 1. The molecule has 0 aromatic rings. The van der Waals surface area contributed by atoms with Crippen LogP contribution in [-0.4, -0.2) is 23.4 Å². The lowest BCUT2D eigenvalue weighted by atomic mass is 9.54. The van der Waals surface area contributed by atoms with Crippen molar-refractivity contribution in [2.75, 3.05) is 6.54 Å². The Balaban J connectivity index is 1.32. The molecule has 0 aromatic heterocycles. The molecule has 6 aliphatic carbocycles. The van der Waals surface area contributed by atoms with Gasteiger partial charge in [0, 0.05) is 18.5 Å². The Morgan fingerprint density at radius 1 is 0.762 bits per heavy atom. The largest absolute Gasteiger partial charge is 0.339 e. The molecule has 0 spiro atoms. The molecule has 4 atom stereocenters. The van der Waals surface area contributed by atoms with Crippen molar-refractivity contribution in [1.29, 1.82) is 0 Å². The zero-order chi connectivity index (χ0) is 13.7. The molecule has 1 amide bonds. The summed E-state index contributed by atoms with van der Waals surface area (Å²) in [4.78, 5) is 15.6. The van der Waals surface area contributed by atoms with Crippen molar-refractivity contribution >= 4 is 5.91 Å². The summed E-state index contributed by atoms with van der Waals surface area (Å²) in [5, 5.41) is 0. The highest BCUT2D eigenvalue weighted by atomic mass is 16.2. The van der Waals surface area contributed by atoms with Crippen LogP contribution in [0.15, 0.2) is 0 Å². The number of hydrogen-bond donors (Lipinski definition) is 0. The molecule has 1 saturated heterocycles. The van der Waals surface area contributed by atoms with Gasteiger partial charge in [0.1, 0.15) is 0 Å². The minimum Gasteiger partial charge on any atom is -0.339 e. The molecule has 114 valence electrons. The second-order valence-corrected chi connectivity index (χ2v) is 9.43. The lowest BCUT2D eigenvalue weighted by Crippen LogP contribution is -2.56. The van der Waals surface area contributed by atoms with Gasteiger partial charge in [0.25, 0.3) is 0 Å². The molecule has 0 aromatic carbocycles. The normalized spacial score (nSPS) is 60.1. The van der Waals surface area contributed by atoms with E-state index in [2.05, 4.69) is 4.90 Å². The number of nitrogens with zero attached hydrogens (tertiary/aromatic N) is 1. The van der Waals surface area contributed by atoms with E-state index in [0.717, 1.165) is 48.0 Å². The molecule has 1 aliphatic heterocycles. The van der Waals surface area contributed by atoms with E-state index in [-0.39, 0.29) is 0 Å². The van der Waals surface area contributed by atoms with Gasteiger partial charge < -0.3 is 4.90 Å². The van der Waals surface area contributed by atoms with E-state index in [1.165, 1.54) is 51.4 Å². The Morgan fingerprint density at radius 3 is 2.10 bits per heavy atom. The number of likely N-dealkylation sites (tertiary alicyclic amines) is 1. The van der Waals surface area contributed by atoms with Crippen molar-refractivity contribution in [3.63, 3.8) is 0 Å². The molecule has 6 bridgehead atoms. The average Bonchev–Trinajstić information content (AvgIpc) is 3.12. The molecule has 2 heteroatoms. The van der Waals surface area contributed by atoms with Gasteiger partial charge in [0.05, 0.1) is 0 Å². The second-order valence-electron chi connectivity index (χ2n) is 9.43. The third kappa shape index (κ3) is 1.43. The van der Waals surface area contributed by atoms with Crippen molar-refractivity contribution in [2.45, 2.75) is 57.4 Å². The van der Waals surface area contributed by atoms with Gasteiger partial charge in [0.15, 0.2) is 0 Å². The van der Waals surface area contributed by atoms with E-state index >= 15 is 0 Å². The number of carbonyl (C=O) groups is 1. The van der Waals surface area contributed by atoms with Crippen LogP contribution in [0, 0.1) is 47.3 Å². The van der Waals surface area contributed by atoms with E-state index in [4.69, 9.17) is 0 Å². The van der Waals surface area contributed by atoms with Gasteiger partial charge in [-0.3, -0.25) is 4.79 Å². The van der Waals surface area contributed by atoms with Crippen LogP contribution in [0.1, 0.15) is 51.4 Å². The number of fused-ring (bicyclic) bond motifs is 5. The summed E-state index contributed by atoms with van der Waals surface area (Å²) in [7, 11) is 0.